The molecular formula is C22H24N4O. The molecule has 1 aromatic heterocycles. The maximum absolute atomic E-state index is 12.3. The highest BCUT2D eigenvalue weighted by Gasteiger charge is 2.18. The van der Waals surface area contributed by atoms with Crippen LogP contribution in [-0.2, 0) is 4.79 Å². The van der Waals surface area contributed by atoms with Gasteiger partial charge in [0, 0.05) is 35.5 Å². The number of allylic oxidation sites excluding steroid dienone is 6. The second-order valence-corrected chi connectivity index (χ2v) is 6.85. The third-order valence-corrected chi connectivity index (χ3v) is 4.16. The van der Waals surface area contributed by atoms with Crippen molar-refractivity contribution in [1.29, 1.82) is 0 Å². The van der Waals surface area contributed by atoms with E-state index in [0.717, 1.165) is 28.3 Å². The molecule has 0 bridgehead atoms. The van der Waals surface area contributed by atoms with Gasteiger partial charge >= 0.3 is 0 Å². The molecule has 0 radical (unpaired) electrons. The average molecular weight is 360 g/mol. The van der Waals surface area contributed by atoms with Crippen molar-refractivity contribution in [3.8, 4) is 0 Å². The van der Waals surface area contributed by atoms with Crippen molar-refractivity contribution in [3.05, 3.63) is 77.7 Å². The predicted octanol–water partition coefficient (Wildman–Crippen LogP) is 4.94. The summed E-state index contributed by atoms with van der Waals surface area (Å²) in [5.74, 6) is 1.25. The summed E-state index contributed by atoms with van der Waals surface area (Å²) >= 11 is 0. The number of carbonyl (C=O) groups excluding carboxylic acids is 1. The van der Waals surface area contributed by atoms with E-state index in [0.29, 0.717) is 12.4 Å². The molecule has 1 aliphatic carbocycles. The smallest absolute Gasteiger partial charge is 0.229 e. The molecule has 1 unspecified atom stereocenters. The summed E-state index contributed by atoms with van der Waals surface area (Å²) in [4.78, 5) is 21.2. The predicted molar refractivity (Wildman–Crippen MR) is 110 cm³/mol. The van der Waals surface area contributed by atoms with E-state index in [4.69, 9.17) is 0 Å². The zero-order chi connectivity index (χ0) is 19.2. The van der Waals surface area contributed by atoms with Gasteiger partial charge in [0.15, 0.2) is 5.78 Å². The van der Waals surface area contributed by atoms with Crippen LogP contribution in [0.3, 0.4) is 0 Å². The van der Waals surface area contributed by atoms with Gasteiger partial charge in [-0.1, -0.05) is 35.9 Å². The Hall–Kier alpha value is -3.21. The lowest BCUT2D eigenvalue weighted by Gasteiger charge is -2.19. The Morgan fingerprint density at radius 1 is 1.19 bits per heavy atom. The molecule has 2 N–H and O–H groups in total. The molecule has 1 aromatic carbocycles. The number of hydrogen-bond acceptors (Lipinski definition) is 5. The van der Waals surface area contributed by atoms with Crippen LogP contribution < -0.4 is 10.6 Å². The topological polar surface area (TPSA) is 66.9 Å². The van der Waals surface area contributed by atoms with Crippen molar-refractivity contribution in [3.63, 3.8) is 0 Å². The SMILES string of the molecule is CC(C)=CC(=O)C1C=CC=C(Nc2nc(Nc3ccccc3)ncc2C)C1. The second kappa shape index (κ2) is 8.45. The molecule has 27 heavy (non-hydrogen) atoms. The molecule has 0 spiro atoms. The van der Waals surface area contributed by atoms with Gasteiger partial charge in [-0.3, -0.25) is 4.79 Å². The lowest BCUT2D eigenvalue weighted by molar-refractivity contribution is -0.116. The zero-order valence-electron chi connectivity index (χ0n) is 15.9. The van der Waals surface area contributed by atoms with Crippen LogP contribution in [-0.4, -0.2) is 15.8 Å². The summed E-state index contributed by atoms with van der Waals surface area (Å²) in [7, 11) is 0. The van der Waals surface area contributed by atoms with E-state index in [-0.39, 0.29) is 11.7 Å². The number of aryl methyl sites for hydroxylation is 1. The van der Waals surface area contributed by atoms with Crippen LogP contribution in [0.15, 0.2) is 72.1 Å². The molecule has 138 valence electrons. The first kappa shape index (κ1) is 18.6. The minimum atomic E-state index is -0.142. The Bertz CT molecular complexity index is 909. The number of benzene rings is 1. The molecule has 1 atom stereocenters. The van der Waals surface area contributed by atoms with Gasteiger partial charge in [-0.2, -0.15) is 4.98 Å². The van der Waals surface area contributed by atoms with Crippen molar-refractivity contribution in [1.82, 2.24) is 9.97 Å². The zero-order valence-corrected chi connectivity index (χ0v) is 15.9. The second-order valence-electron chi connectivity index (χ2n) is 6.85. The molecule has 3 rings (SSSR count). The molecule has 2 aromatic rings. The first-order valence-electron chi connectivity index (χ1n) is 9.00. The number of nitrogens with zero attached hydrogens (tertiary/aromatic N) is 2. The van der Waals surface area contributed by atoms with E-state index >= 15 is 0 Å². The Kier molecular flexibility index (Phi) is 5.81. The first-order valence-corrected chi connectivity index (χ1v) is 9.00. The van der Waals surface area contributed by atoms with Crippen molar-refractivity contribution < 1.29 is 4.79 Å². The largest absolute Gasteiger partial charge is 0.343 e. The van der Waals surface area contributed by atoms with Crippen LogP contribution >= 0.6 is 0 Å². The highest BCUT2D eigenvalue weighted by molar-refractivity contribution is 5.94. The third-order valence-electron chi connectivity index (χ3n) is 4.16. The maximum Gasteiger partial charge on any atom is 0.229 e. The van der Waals surface area contributed by atoms with Gasteiger partial charge in [0.25, 0.3) is 0 Å². The van der Waals surface area contributed by atoms with Crippen LogP contribution in [0, 0.1) is 12.8 Å². The molecule has 1 heterocycles. The fraction of sp³-hybridized carbons (Fsp3) is 0.227. The molecule has 1 aliphatic rings. The average Bonchev–Trinajstić information content (AvgIpc) is 2.65. The summed E-state index contributed by atoms with van der Waals surface area (Å²) < 4.78 is 0. The lowest BCUT2D eigenvalue weighted by atomic mass is 9.93. The number of aromatic nitrogens is 2. The van der Waals surface area contributed by atoms with Crippen molar-refractivity contribution in [2.24, 2.45) is 5.92 Å². The third kappa shape index (κ3) is 5.14. The van der Waals surface area contributed by atoms with Gasteiger partial charge in [0.2, 0.25) is 5.95 Å². The summed E-state index contributed by atoms with van der Waals surface area (Å²) in [6.45, 7) is 5.83. The highest BCUT2D eigenvalue weighted by atomic mass is 16.1. The van der Waals surface area contributed by atoms with E-state index in [9.17, 15) is 4.79 Å². The van der Waals surface area contributed by atoms with Gasteiger partial charge in [-0.15, -0.1) is 0 Å². The van der Waals surface area contributed by atoms with E-state index in [1.54, 1.807) is 12.3 Å². The van der Waals surface area contributed by atoms with Crippen molar-refractivity contribution in [2.45, 2.75) is 27.2 Å². The van der Waals surface area contributed by atoms with Crippen LogP contribution in [0.25, 0.3) is 0 Å². The van der Waals surface area contributed by atoms with Crippen LogP contribution in [0.5, 0.6) is 0 Å². The summed E-state index contributed by atoms with van der Waals surface area (Å²) in [5.41, 5.74) is 3.85. The number of rotatable bonds is 6. The van der Waals surface area contributed by atoms with Gasteiger partial charge in [0.05, 0.1) is 0 Å². The van der Waals surface area contributed by atoms with E-state index in [1.807, 2.05) is 69.3 Å². The molecule has 0 saturated carbocycles. The van der Waals surface area contributed by atoms with E-state index in [1.165, 1.54) is 0 Å². The monoisotopic (exact) mass is 360 g/mol. The number of carbonyl (C=O) groups is 1. The molecule has 0 saturated heterocycles. The molecular weight excluding hydrogens is 336 g/mol. The number of nitrogens with one attached hydrogen (secondary N) is 2. The first-order chi connectivity index (χ1) is 13.0. The Morgan fingerprint density at radius 2 is 1.96 bits per heavy atom. The Labute approximate surface area is 159 Å². The van der Waals surface area contributed by atoms with E-state index in [2.05, 4.69) is 20.6 Å². The Balaban J connectivity index is 1.72. The summed E-state index contributed by atoms with van der Waals surface area (Å²) in [6, 6.07) is 9.80. The van der Waals surface area contributed by atoms with Gasteiger partial charge in [0.1, 0.15) is 5.82 Å². The standard InChI is InChI=1S/C22H24N4O/c1-15(2)12-20(27)17-8-7-11-19(13-17)24-21-16(3)14-23-22(26-21)25-18-9-5-4-6-10-18/h4-12,14,17H,13H2,1-3H3,(H2,23,24,25,26). The minimum Gasteiger partial charge on any atom is -0.343 e. The number of hydrogen-bond donors (Lipinski definition) is 2. The van der Waals surface area contributed by atoms with Gasteiger partial charge < -0.3 is 10.6 Å². The summed E-state index contributed by atoms with van der Waals surface area (Å²) in [6.07, 6.45) is 9.97. The Morgan fingerprint density at radius 3 is 2.70 bits per heavy atom. The molecule has 0 aliphatic heterocycles. The maximum atomic E-state index is 12.3. The summed E-state index contributed by atoms with van der Waals surface area (Å²) in [5, 5.41) is 6.56. The molecule has 5 heteroatoms. The quantitative estimate of drug-likeness (QED) is 0.715. The molecule has 0 amide bonds. The van der Waals surface area contributed by atoms with Crippen LogP contribution in [0.1, 0.15) is 25.8 Å². The minimum absolute atomic E-state index is 0.129. The lowest BCUT2D eigenvalue weighted by Crippen LogP contribution is -2.17. The number of anilines is 3. The van der Waals surface area contributed by atoms with E-state index < -0.39 is 0 Å². The highest BCUT2D eigenvalue weighted by Crippen LogP contribution is 2.24. The normalized spacial score (nSPS) is 15.7. The number of para-hydroxylation sites is 1. The number of ketones is 1. The molecule has 0 fully saturated rings. The fourth-order valence-electron chi connectivity index (χ4n) is 2.79. The van der Waals surface area contributed by atoms with Crippen molar-refractivity contribution >= 4 is 23.2 Å². The van der Waals surface area contributed by atoms with Gasteiger partial charge in [-0.25, -0.2) is 4.98 Å². The van der Waals surface area contributed by atoms with Crippen LogP contribution in [0.4, 0.5) is 17.5 Å². The van der Waals surface area contributed by atoms with Crippen molar-refractivity contribution in [2.75, 3.05) is 10.6 Å². The van der Waals surface area contributed by atoms with Crippen LogP contribution in [0.2, 0.25) is 0 Å². The van der Waals surface area contributed by atoms with Gasteiger partial charge in [-0.05, 0) is 45.1 Å². The fourth-order valence-corrected chi connectivity index (χ4v) is 2.79. The molecule has 5 nitrogen and oxygen atoms in total.